The summed E-state index contributed by atoms with van der Waals surface area (Å²) in [6.45, 7) is 6.53. The molecule has 6 heteroatoms. The van der Waals surface area contributed by atoms with Gasteiger partial charge in [-0.25, -0.2) is 0 Å². The molecule has 0 aliphatic rings. The summed E-state index contributed by atoms with van der Waals surface area (Å²) in [6, 6.07) is 0. The van der Waals surface area contributed by atoms with Crippen LogP contribution in [0.15, 0.2) is 85.1 Å². The van der Waals surface area contributed by atoms with Gasteiger partial charge in [0.25, 0.3) is 0 Å². The number of esters is 3. The zero-order valence-electron chi connectivity index (χ0n) is 50.3. The molecule has 1 unspecified atom stereocenters. The molecule has 0 N–H and O–H groups in total. The summed E-state index contributed by atoms with van der Waals surface area (Å²) < 4.78 is 16.9. The molecule has 0 aromatic heterocycles. The molecule has 0 aromatic rings. The van der Waals surface area contributed by atoms with Crippen molar-refractivity contribution >= 4 is 17.9 Å². The van der Waals surface area contributed by atoms with Crippen molar-refractivity contribution in [1.29, 1.82) is 0 Å². The molecule has 0 fully saturated rings. The van der Waals surface area contributed by atoms with Crippen molar-refractivity contribution in [2.24, 2.45) is 0 Å². The number of unbranched alkanes of at least 4 members (excludes halogenated alkanes) is 34. The lowest BCUT2D eigenvalue weighted by atomic mass is 10.1. The first-order chi connectivity index (χ1) is 37.5. The molecule has 0 aromatic carbocycles. The molecule has 76 heavy (non-hydrogen) atoms. The average Bonchev–Trinajstić information content (AvgIpc) is 3.42. The van der Waals surface area contributed by atoms with Crippen molar-refractivity contribution in [1.82, 2.24) is 0 Å². The van der Waals surface area contributed by atoms with E-state index in [-0.39, 0.29) is 31.1 Å². The normalized spacial score (nSPS) is 12.6. The Bertz CT molecular complexity index is 1450. The predicted molar refractivity (Wildman–Crippen MR) is 330 cm³/mol. The highest BCUT2D eigenvalue weighted by molar-refractivity contribution is 5.71. The van der Waals surface area contributed by atoms with Crippen LogP contribution >= 0.6 is 0 Å². The summed E-state index contributed by atoms with van der Waals surface area (Å²) in [4.78, 5) is 38.4. The van der Waals surface area contributed by atoms with Gasteiger partial charge >= 0.3 is 17.9 Å². The van der Waals surface area contributed by atoms with Crippen molar-refractivity contribution in [2.45, 2.75) is 329 Å². The molecule has 0 saturated carbocycles. The second kappa shape index (κ2) is 64.1. The fourth-order valence-electron chi connectivity index (χ4n) is 9.23. The van der Waals surface area contributed by atoms with Crippen molar-refractivity contribution < 1.29 is 28.6 Å². The zero-order chi connectivity index (χ0) is 55.0. The molecule has 6 nitrogen and oxygen atoms in total. The van der Waals surface area contributed by atoms with Crippen LogP contribution in [0.4, 0.5) is 0 Å². The molecular weight excluding hydrogens is 937 g/mol. The van der Waals surface area contributed by atoms with Crippen LogP contribution in [-0.2, 0) is 28.6 Å². The molecule has 1 atom stereocenters. The number of hydrogen-bond acceptors (Lipinski definition) is 6. The Morgan fingerprint density at radius 2 is 0.513 bits per heavy atom. The van der Waals surface area contributed by atoms with Crippen LogP contribution in [0.1, 0.15) is 323 Å². The van der Waals surface area contributed by atoms with Crippen LogP contribution in [0.5, 0.6) is 0 Å². The highest BCUT2D eigenvalue weighted by atomic mass is 16.6. The Labute approximate surface area is 471 Å². The first-order valence-corrected chi connectivity index (χ1v) is 32.6. The molecule has 0 aliphatic heterocycles. The molecule has 0 aliphatic carbocycles. The van der Waals surface area contributed by atoms with E-state index in [1.807, 2.05) is 0 Å². The summed E-state index contributed by atoms with van der Waals surface area (Å²) in [5.74, 6) is -0.890. The Hall–Kier alpha value is -3.41. The third-order valence-electron chi connectivity index (χ3n) is 14.1. The maximum atomic E-state index is 12.9. The number of carbonyl (C=O) groups is 3. The fraction of sp³-hybridized carbons (Fsp3) is 0.757. The molecule has 0 rings (SSSR count). The number of rotatable bonds is 59. The Balaban J connectivity index is 4.40. The van der Waals surface area contributed by atoms with E-state index < -0.39 is 6.10 Å². The van der Waals surface area contributed by atoms with E-state index in [2.05, 4.69) is 106 Å². The molecule has 0 radical (unpaired) electrons. The monoisotopic (exact) mass is 1060 g/mol. The van der Waals surface area contributed by atoms with Crippen molar-refractivity contribution in [3.05, 3.63) is 85.1 Å². The van der Waals surface area contributed by atoms with Crippen LogP contribution in [0.3, 0.4) is 0 Å². The fourth-order valence-corrected chi connectivity index (χ4v) is 9.23. The van der Waals surface area contributed by atoms with E-state index in [1.165, 1.54) is 180 Å². The summed E-state index contributed by atoms with van der Waals surface area (Å²) in [5.41, 5.74) is 0. The van der Waals surface area contributed by atoms with Gasteiger partial charge in [0.1, 0.15) is 13.2 Å². The second-order valence-electron chi connectivity index (χ2n) is 21.6. The molecular formula is C70H122O6. The smallest absolute Gasteiger partial charge is 0.306 e. The van der Waals surface area contributed by atoms with Gasteiger partial charge in [0, 0.05) is 19.3 Å². The van der Waals surface area contributed by atoms with Crippen LogP contribution in [0.25, 0.3) is 0 Å². The van der Waals surface area contributed by atoms with Crippen LogP contribution < -0.4 is 0 Å². The minimum Gasteiger partial charge on any atom is -0.462 e. The first kappa shape index (κ1) is 72.6. The Morgan fingerprint density at radius 1 is 0.276 bits per heavy atom. The van der Waals surface area contributed by atoms with Gasteiger partial charge < -0.3 is 14.2 Å². The molecule has 0 spiro atoms. The van der Waals surface area contributed by atoms with E-state index in [4.69, 9.17) is 14.2 Å². The maximum Gasteiger partial charge on any atom is 0.306 e. The summed E-state index contributed by atoms with van der Waals surface area (Å²) in [7, 11) is 0. The van der Waals surface area contributed by atoms with Crippen molar-refractivity contribution in [2.75, 3.05) is 13.2 Å². The van der Waals surface area contributed by atoms with Crippen LogP contribution in [0, 0.1) is 0 Å². The topological polar surface area (TPSA) is 78.9 Å². The van der Waals surface area contributed by atoms with Gasteiger partial charge in [-0.1, -0.05) is 273 Å². The summed E-state index contributed by atoms with van der Waals surface area (Å²) in [6.07, 6.45) is 84.4. The lowest BCUT2D eigenvalue weighted by molar-refractivity contribution is -0.167. The quantitative estimate of drug-likeness (QED) is 0.0261. The second-order valence-corrected chi connectivity index (χ2v) is 21.6. The molecule has 0 amide bonds. The highest BCUT2D eigenvalue weighted by Gasteiger charge is 2.19. The maximum absolute atomic E-state index is 12.9. The van der Waals surface area contributed by atoms with Gasteiger partial charge in [-0.05, 0) is 116 Å². The van der Waals surface area contributed by atoms with Gasteiger partial charge in [-0.15, -0.1) is 0 Å². The van der Waals surface area contributed by atoms with E-state index in [0.717, 1.165) is 103 Å². The molecule has 438 valence electrons. The van der Waals surface area contributed by atoms with E-state index >= 15 is 0 Å². The number of hydrogen-bond donors (Lipinski definition) is 0. The van der Waals surface area contributed by atoms with Crippen molar-refractivity contribution in [3.63, 3.8) is 0 Å². The van der Waals surface area contributed by atoms with E-state index in [1.54, 1.807) is 0 Å². The number of ether oxygens (including phenoxy) is 3. The third kappa shape index (κ3) is 61.4. The minimum absolute atomic E-state index is 0.0839. The predicted octanol–water partition coefficient (Wildman–Crippen LogP) is 22.3. The molecule has 0 bridgehead atoms. The van der Waals surface area contributed by atoms with Gasteiger partial charge in [0.2, 0.25) is 0 Å². The van der Waals surface area contributed by atoms with Crippen molar-refractivity contribution in [3.8, 4) is 0 Å². The van der Waals surface area contributed by atoms with Gasteiger partial charge in [0.15, 0.2) is 6.10 Å². The standard InChI is InChI=1S/C70H122O6/c1-4-7-10-13-16-19-22-25-28-31-33-35-37-39-42-45-48-51-54-57-60-63-69(72)75-66-67(65-74-68(71)62-59-56-53-50-47-44-41-30-27-24-21-18-15-12-9-6-3)76-70(73)64-61-58-55-52-49-46-43-40-38-36-34-32-29-26-23-20-17-14-11-8-5-2/h7,10,16,19,23,25-26,28,30,32-35,41,67H,4-6,8-9,11-15,17-18,20-22,24,27,29,31,36-40,42-66H2,1-3H3/b10-7-,19-16-,26-23-,28-25-,34-32-,35-33-,41-30-. The lowest BCUT2D eigenvalue weighted by Gasteiger charge is -2.18. The number of allylic oxidation sites excluding steroid dienone is 14. The molecule has 0 saturated heterocycles. The first-order valence-electron chi connectivity index (χ1n) is 32.6. The lowest BCUT2D eigenvalue weighted by Crippen LogP contribution is -2.30. The van der Waals surface area contributed by atoms with Crippen LogP contribution in [0.2, 0.25) is 0 Å². The van der Waals surface area contributed by atoms with Gasteiger partial charge in [0.05, 0.1) is 0 Å². The molecule has 0 heterocycles. The third-order valence-corrected chi connectivity index (χ3v) is 14.1. The van der Waals surface area contributed by atoms with E-state index in [9.17, 15) is 14.4 Å². The summed E-state index contributed by atoms with van der Waals surface area (Å²) >= 11 is 0. The van der Waals surface area contributed by atoms with Gasteiger partial charge in [-0.2, -0.15) is 0 Å². The highest BCUT2D eigenvalue weighted by Crippen LogP contribution is 2.16. The Kier molecular flexibility index (Phi) is 61.2. The Morgan fingerprint density at radius 3 is 0.816 bits per heavy atom. The van der Waals surface area contributed by atoms with Gasteiger partial charge in [-0.3, -0.25) is 14.4 Å². The zero-order valence-corrected chi connectivity index (χ0v) is 50.3. The average molecular weight is 1060 g/mol. The SMILES string of the molecule is CC/C=C\C/C=C\C/C=C\C/C=C\CCCCCCCCCCC(=O)OCC(COC(=O)CCCCCCC/C=C\CCCCCCCCC)OC(=O)CCCCCCCCCCC/C=C\C/C=C\CCCCCCC. The van der Waals surface area contributed by atoms with E-state index in [0.29, 0.717) is 19.3 Å². The van der Waals surface area contributed by atoms with Crippen LogP contribution in [-0.4, -0.2) is 37.2 Å². The minimum atomic E-state index is -0.788. The summed E-state index contributed by atoms with van der Waals surface area (Å²) in [5, 5.41) is 0. The largest absolute Gasteiger partial charge is 0.462 e. The number of carbonyl (C=O) groups excluding carboxylic acids is 3.